The van der Waals surface area contributed by atoms with Gasteiger partial charge in [0.1, 0.15) is 5.82 Å². The first kappa shape index (κ1) is 12.2. The van der Waals surface area contributed by atoms with Gasteiger partial charge in [-0.3, -0.25) is 14.5 Å². The number of benzene rings is 1. The van der Waals surface area contributed by atoms with Gasteiger partial charge in [0.2, 0.25) is 0 Å². The summed E-state index contributed by atoms with van der Waals surface area (Å²) in [6.07, 6.45) is 1.64. The summed E-state index contributed by atoms with van der Waals surface area (Å²) in [5.41, 5.74) is 0.476. The Bertz CT molecular complexity index is 476. The maximum Gasteiger partial charge on any atom is 0.261 e. The van der Waals surface area contributed by atoms with Gasteiger partial charge in [-0.25, -0.2) is 4.39 Å². The van der Waals surface area contributed by atoms with Crippen LogP contribution in [0.2, 0.25) is 0 Å². The highest BCUT2D eigenvalue weighted by Gasteiger charge is 2.35. The van der Waals surface area contributed by atoms with E-state index in [9.17, 15) is 14.0 Å². The molecule has 0 aromatic heterocycles. The second-order valence-electron chi connectivity index (χ2n) is 3.85. The quantitative estimate of drug-likeness (QED) is 0.487. The van der Waals surface area contributed by atoms with E-state index in [1.807, 2.05) is 0 Å². The summed E-state index contributed by atoms with van der Waals surface area (Å²) in [5.74, 6) is -1.20. The Balaban J connectivity index is 2.20. The summed E-state index contributed by atoms with van der Waals surface area (Å²) < 4.78 is 13.0. The molecule has 1 aromatic carbocycles. The Morgan fingerprint density at radius 2 is 1.82 bits per heavy atom. The molecular formula is C12H11BrFNO2. The fourth-order valence-corrected chi connectivity index (χ4v) is 2.23. The molecule has 0 spiro atoms. The molecule has 3 nitrogen and oxygen atoms in total. The number of rotatable bonds is 4. The summed E-state index contributed by atoms with van der Waals surface area (Å²) in [7, 11) is 0. The van der Waals surface area contributed by atoms with Gasteiger partial charge in [-0.1, -0.05) is 15.9 Å². The lowest BCUT2D eigenvalue weighted by Crippen LogP contribution is -2.30. The number of nitrogens with zero attached hydrogens (tertiary/aromatic N) is 1. The Labute approximate surface area is 107 Å². The third-order valence-electron chi connectivity index (χ3n) is 2.70. The van der Waals surface area contributed by atoms with E-state index >= 15 is 0 Å². The molecule has 0 atom stereocenters. The summed E-state index contributed by atoms with van der Waals surface area (Å²) in [4.78, 5) is 25.0. The van der Waals surface area contributed by atoms with E-state index in [0.717, 1.165) is 24.2 Å². The molecule has 5 heteroatoms. The van der Waals surface area contributed by atoms with Crippen LogP contribution in [0.15, 0.2) is 18.2 Å². The van der Waals surface area contributed by atoms with Crippen molar-refractivity contribution < 1.29 is 14.0 Å². The number of imide groups is 1. The van der Waals surface area contributed by atoms with Crippen molar-refractivity contribution in [2.75, 3.05) is 11.9 Å². The molecule has 2 amide bonds. The number of alkyl halides is 1. The van der Waals surface area contributed by atoms with Crippen LogP contribution in [0, 0.1) is 5.82 Å². The number of hydrogen-bond acceptors (Lipinski definition) is 2. The molecule has 0 aliphatic carbocycles. The highest BCUT2D eigenvalue weighted by molar-refractivity contribution is 9.09. The lowest BCUT2D eigenvalue weighted by Gasteiger charge is -2.12. The van der Waals surface area contributed by atoms with Crippen LogP contribution in [0.4, 0.5) is 4.39 Å². The first-order valence-corrected chi connectivity index (χ1v) is 6.49. The summed E-state index contributed by atoms with van der Waals surface area (Å²) in [6, 6.07) is 3.70. The fourth-order valence-electron chi connectivity index (χ4n) is 1.83. The number of fused-ring (bicyclic) bond motifs is 1. The lowest BCUT2D eigenvalue weighted by atomic mass is 10.1. The zero-order chi connectivity index (χ0) is 12.4. The van der Waals surface area contributed by atoms with E-state index in [1.165, 1.54) is 17.0 Å². The first-order valence-electron chi connectivity index (χ1n) is 5.37. The van der Waals surface area contributed by atoms with Gasteiger partial charge >= 0.3 is 0 Å². The summed E-state index contributed by atoms with van der Waals surface area (Å²) >= 11 is 3.29. The molecular weight excluding hydrogens is 289 g/mol. The SMILES string of the molecule is O=C1c2ccc(F)cc2C(=O)N1CCCCBr. The second-order valence-corrected chi connectivity index (χ2v) is 4.64. The summed E-state index contributed by atoms with van der Waals surface area (Å²) in [5, 5.41) is 0.838. The Kier molecular flexibility index (Phi) is 3.57. The summed E-state index contributed by atoms with van der Waals surface area (Å²) in [6.45, 7) is 0.388. The molecule has 0 saturated heterocycles. The second kappa shape index (κ2) is 4.96. The third kappa shape index (κ3) is 2.24. The standard InChI is InChI=1S/C12H11BrFNO2/c13-5-1-2-6-15-11(16)9-4-3-8(14)7-10(9)12(15)17/h3-4,7H,1-2,5-6H2. The fraction of sp³-hybridized carbons (Fsp3) is 0.333. The van der Waals surface area contributed by atoms with Crippen LogP contribution >= 0.6 is 15.9 Å². The van der Waals surface area contributed by atoms with Gasteiger partial charge in [0.15, 0.2) is 0 Å². The van der Waals surface area contributed by atoms with Crippen LogP contribution in [0.5, 0.6) is 0 Å². The molecule has 1 heterocycles. The Morgan fingerprint density at radius 3 is 2.53 bits per heavy atom. The van der Waals surface area contributed by atoms with Crippen LogP contribution in [0.3, 0.4) is 0 Å². The van der Waals surface area contributed by atoms with E-state index in [4.69, 9.17) is 0 Å². The number of hydrogen-bond donors (Lipinski definition) is 0. The largest absolute Gasteiger partial charge is 0.274 e. The third-order valence-corrected chi connectivity index (χ3v) is 3.26. The average molecular weight is 300 g/mol. The molecule has 1 aromatic rings. The number of carbonyl (C=O) groups is 2. The lowest BCUT2D eigenvalue weighted by molar-refractivity contribution is 0.0652. The van der Waals surface area contributed by atoms with Gasteiger partial charge in [-0.05, 0) is 31.0 Å². The van der Waals surface area contributed by atoms with Crippen LogP contribution in [0.1, 0.15) is 33.6 Å². The predicted octanol–water partition coefficient (Wildman–Crippen LogP) is 2.60. The minimum Gasteiger partial charge on any atom is -0.274 e. The molecule has 0 bridgehead atoms. The van der Waals surface area contributed by atoms with E-state index in [1.54, 1.807) is 0 Å². The zero-order valence-corrected chi connectivity index (χ0v) is 10.7. The van der Waals surface area contributed by atoms with E-state index < -0.39 is 5.82 Å². The molecule has 0 fully saturated rings. The molecule has 0 N–H and O–H groups in total. The van der Waals surface area contributed by atoms with Crippen molar-refractivity contribution in [3.8, 4) is 0 Å². The van der Waals surface area contributed by atoms with E-state index in [-0.39, 0.29) is 17.4 Å². The molecule has 0 unspecified atom stereocenters. The van der Waals surface area contributed by atoms with Gasteiger partial charge in [-0.15, -0.1) is 0 Å². The molecule has 2 rings (SSSR count). The first-order chi connectivity index (χ1) is 8.15. The van der Waals surface area contributed by atoms with Crippen molar-refractivity contribution in [2.45, 2.75) is 12.8 Å². The number of carbonyl (C=O) groups excluding carboxylic acids is 2. The highest BCUT2D eigenvalue weighted by atomic mass is 79.9. The van der Waals surface area contributed by atoms with Gasteiger partial charge in [-0.2, -0.15) is 0 Å². The van der Waals surface area contributed by atoms with Crippen LogP contribution in [-0.2, 0) is 0 Å². The van der Waals surface area contributed by atoms with Crippen molar-refractivity contribution in [1.82, 2.24) is 4.90 Å². The molecule has 17 heavy (non-hydrogen) atoms. The zero-order valence-electron chi connectivity index (χ0n) is 9.08. The van der Waals surface area contributed by atoms with Gasteiger partial charge in [0, 0.05) is 11.9 Å². The van der Waals surface area contributed by atoms with Gasteiger partial charge in [0.05, 0.1) is 11.1 Å². The monoisotopic (exact) mass is 299 g/mol. The van der Waals surface area contributed by atoms with Crippen molar-refractivity contribution in [3.05, 3.63) is 35.1 Å². The average Bonchev–Trinajstić information content (AvgIpc) is 2.54. The Morgan fingerprint density at radius 1 is 1.12 bits per heavy atom. The molecule has 0 radical (unpaired) electrons. The maximum atomic E-state index is 13.0. The van der Waals surface area contributed by atoms with Crippen molar-refractivity contribution in [3.63, 3.8) is 0 Å². The maximum absolute atomic E-state index is 13.0. The molecule has 90 valence electrons. The van der Waals surface area contributed by atoms with Crippen LogP contribution in [0.25, 0.3) is 0 Å². The molecule has 0 saturated carbocycles. The van der Waals surface area contributed by atoms with Crippen LogP contribution < -0.4 is 0 Å². The van der Waals surface area contributed by atoms with Crippen molar-refractivity contribution >= 4 is 27.7 Å². The number of amides is 2. The number of halogens is 2. The molecule has 1 aliphatic rings. The van der Waals surface area contributed by atoms with E-state index in [2.05, 4.69) is 15.9 Å². The topological polar surface area (TPSA) is 37.4 Å². The minimum absolute atomic E-state index is 0.175. The van der Waals surface area contributed by atoms with E-state index in [0.29, 0.717) is 12.1 Å². The normalized spacial score (nSPS) is 14.4. The smallest absolute Gasteiger partial charge is 0.261 e. The van der Waals surface area contributed by atoms with Crippen molar-refractivity contribution in [2.24, 2.45) is 0 Å². The van der Waals surface area contributed by atoms with Gasteiger partial charge in [0.25, 0.3) is 11.8 Å². The Hall–Kier alpha value is -1.23. The predicted molar refractivity (Wildman–Crippen MR) is 64.8 cm³/mol. The highest BCUT2D eigenvalue weighted by Crippen LogP contribution is 2.23. The van der Waals surface area contributed by atoms with Gasteiger partial charge < -0.3 is 0 Å². The molecule has 1 aliphatic heterocycles. The van der Waals surface area contributed by atoms with Crippen LogP contribution in [-0.4, -0.2) is 28.6 Å². The minimum atomic E-state index is -0.493. The number of unbranched alkanes of at least 4 members (excludes halogenated alkanes) is 1. The van der Waals surface area contributed by atoms with Crippen molar-refractivity contribution in [1.29, 1.82) is 0 Å².